The molecule has 0 amide bonds. The Hall–Kier alpha value is 0.190. The Labute approximate surface area is 81.5 Å². The highest BCUT2D eigenvalue weighted by Gasteiger charge is 2.37. The Morgan fingerprint density at radius 2 is 1.85 bits per heavy atom. The van der Waals surface area contributed by atoms with Crippen LogP contribution in [0.5, 0.6) is 0 Å². The minimum atomic E-state index is -2.21. The van der Waals surface area contributed by atoms with Gasteiger partial charge in [0, 0.05) is 12.3 Å². The SMILES string of the molecule is CCCCOP1(=O)C[C@H](C)[C@@H](C)C1. The Bertz CT molecular complexity index is 189. The van der Waals surface area contributed by atoms with Crippen LogP contribution < -0.4 is 0 Å². The van der Waals surface area contributed by atoms with Crippen molar-refractivity contribution in [2.24, 2.45) is 11.8 Å². The lowest BCUT2D eigenvalue weighted by molar-refractivity contribution is 0.308. The molecule has 1 fully saturated rings. The van der Waals surface area contributed by atoms with Crippen molar-refractivity contribution in [3.05, 3.63) is 0 Å². The van der Waals surface area contributed by atoms with Gasteiger partial charge in [-0.15, -0.1) is 0 Å². The van der Waals surface area contributed by atoms with Gasteiger partial charge in [0.2, 0.25) is 7.37 Å². The van der Waals surface area contributed by atoms with E-state index in [4.69, 9.17) is 4.52 Å². The monoisotopic (exact) mass is 204 g/mol. The second-order valence-corrected chi connectivity index (χ2v) is 6.94. The molecule has 0 aromatic rings. The fourth-order valence-corrected chi connectivity index (χ4v) is 5.09. The van der Waals surface area contributed by atoms with Gasteiger partial charge in [0.1, 0.15) is 0 Å². The third-order valence-corrected chi connectivity index (χ3v) is 5.85. The van der Waals surface area contributed by atoms with Gasteiger partial charge in [-0.2, -0.15) is 0 Å². The molecule has 0 aliphatic carbocycles. The molecule has 0 N–H and O–H groups in total. The van der Waals surface area contributed by atoms with E-state index in [1.807, 2.05) is 0 Å². The molecule has 2 atom stereocenters. The van der Waals surface area contributed by atoms with Crippen LogP contribution >= 0.6 is 7.37 Å². The molecule has 0 spiro atoms. The van der Waals surface area contributed by atoms with E-state index in [1.54, 1.807) is 0 Å². The van der Waals surface area contributed by atoms with Crippen molar-refractivity contribution in [2.75, 3.05) is 18.9 Å². The molecule has 1 rings (SSSR count). The molecule has 0 radical (unpaired) electrons. The van der Waals surface area contributed by atoms with Gasteiger partial charge in [0.05, 0.1) is 6.61 Å². The standard InChI is InChI=1S/C10H21O2P/c1-4-5-6-12-13(11)7-9(2)10(3)8-13/h9-10H,4-8H2,1-3H3/t9-,10-/m0/s1. The van der Waals surface area contributed by atoms with E-state index in [2.05, 4.69) is 20.8 Å². The summed E-state index contributed by atoms with van der Waals surface area (Å²) >= 11 is 0. The summed E-state index contributed by atoms with van der Waals surface area (Å²) in [6, 6.07) is 0. The van der Waals surface area contributed by atoms with Crippen molar-refractivity contribution in [2.45, 2.75) is 33.6 Å². The van der Waals surface area contributed by atoms with Crippen LogP contribution in [0.3, 0.4) is 0 Å². The van der Waals surface area contributed by atoms with E-state index in [0.29, 0.717) is 18.4 Å². The van der Waals surface area contributed by atoms with Crippen LogP contribution in [-0.4, -0.2) is 18.9 Å². The van der Waals surface area contributed by atoms with Gasteiger partial charge in [-0.1, -0.05) is 27.2 Å². The molecule has 0 aromatic heterocycles. The molecule has 3 heteroatoms. The summed E-state index contributed by atoms with van der Waals surface area (Å²) in [7, 11) is -2.21. The lowest BCUT2D eigenvalue weighted by atomic mass is 10.0. The highest BCUT2D eigenvalue weighted by molar-refractivity contribution is 7.59. The molecule has 78 valence electrons. The number of rotatable bonds is 4. The molecule has 2 nitrogen and oxygen atoms in total. The summed E-state index contributed by atoms with van der Waals surface area (Å²) in [5.41, 5.74) is 0. The molecular formula is C10H21O2P. The van der Waals surface area contributed by atoms with Crippen molar-refractivity contribution in [3.8, 4) is 0 Å². The molecule has 0 unspecified atom stereocenters. The molecule has 0 bridgehead atoms. The second-order valence-electron chi connectivity index (χ2n) is 4.32. The van der Waals surface area contributed by atoms with Gasteiger partial charge in [0.15, 0.2) is 0 Å². The van der Waals surface area contributed by atoms with E-state index in [-0.39, 0.29) is 0 Å². The van der Waals surface area contributed by atoms with Crippen molar-refractivity contribution in [1.29, 1.82) is 0 Å². The average Bonchev–Trinajstić information content (AvgIpc) is 2.27. The predicted molar refractivity (Wildman–Crippen MR) is 56.5 cm³/mol. The Morgan fingerprint density at radius 1 is 1.31 bits per heavy atom. The zero-order valence-corrected chi connectivity index (χ0v) is 9.85. The van der Waals surface area contributed by atoms with Gasteiger partial charge >= 0.3 is 0 Å². The van der Waals surface area contributed by atoms with E-state index in [0.717, 1.165) is 25.2 Å². The van der Waals surface area contributed by atoms with E-state index in [9.17, 15) is 4.57 Å². The first-order valence-corrected chi connectivity index (χ1v) is 7.29. The second kappa shape index (κ2) is 4.61. The van der Waals surface area contributed by atoms with Gasteiger partial charge in [-0.3, -0.25) is 4.57 Å². The van der Waals surface area contributed by atoms with Gasteiger partial charge in [-0.05, 0) is 18.3 Å². The summed E-state index contributed by atoms with van der Waals surface area (Å²) in [5, 5.41) is 0. The van der Waals surface area contributed by atoms with Crippen molar-refractivity contribution in [3.63, 3.8) is 0 Å². The molecule has 1 aliphatic rings. The van der Waals surface area contributed by atoms with Crippen LogP contribution in [0.25, 0.3) is 0 Å². The van der Waals surface area contributed by atoms with Gasteiger partial charge < -0.3 is 4.52 Å². The largest absolute Gasteiger partial charge is 0.328 e. The quantitative estimate of drug-likeness (QED) is 0.518. The van der Waals surface area contributed by atoms with Crippen molar-refractivity contribution in [1.82, 2.24) is 0 Å². The molecule has 0 saturated carbocycles. The first kappa shape index (κ1) is 11.3. The van der Waals surface area contributed by atoms with Crippen LogP contribution in [0.2, 0.25) is 0 Å². The fraction of sp³-hybridized carbons (Fsp3) is 1.00. The fourth-order valence-electron chi connectivity index (χ4n) is 1.79. The van der Waals surface area contributed by atoms with Crippen LogP contribution in [0.15, 0.2) is 0 Å². The van der Waals surface area contributed by atoms with Crippen LogP contribution in [0, 0.1) is 11.8 Å². The maximum Gasteiger partial charge on any atom is 0.203 e. The predicted octanol–water partition coefficient (Wildman–Crippen LogP) is 3.37. The van der Waals surface area contributed by atoms with Crippen LogP contribution in [-0.2, 0) is 9.09 Å². The molecular weight excluding hydrogens is 183 g/mol. The first-order chi connectivity index (χ1) is 6.07. The Balaban J connectivity index is 2.36. The number of hydrogen-bond donors (Lipinski definition) is 0. The molecule has 1 saturated heterocycles. The highest BCUT2D eigenvalue weighted by Crippen LogP contribution is 2.57. The molecule has 0 aromatic carbocycles. The summed E-state index contributed by atoms with van der Waals surface area (Å²) < 4.78 is 17.6. The third kappa shape index (κ3) is 3.11. The zero-order chi connectivity index (χ0) is 9.90. The number of hydrogen-bond acceptors (Lipinski definition) is 2. The van der Waals surface area contributed by atoms with Crippen LogP contribution in [0.1, 0.15) is 33.6 Å². The minimum absolute atomic E-state index is 0.576. The van der Waals surface area contributed by atoms with E-state index in [1.165, 1.54) is 0 Å². The van der Waals surface area contributed by atoms with Crippen LogP contribution in [0.4, 0.5) is 0 Å². The summed E-state index contributed by atoms with van der Waals surface area (Å²) in [5.74, 6) is 1.15. The zero-order valence-electron chi connectivity index (χ0n) is 8.95. The topological polar surface area (TPSA) is 26.3 Å². The maximum absolute atomic E-state index is 12.1. The average molecular weight is 204 g/mol. The summed E-state index contributed by atoms with van der Waals surface area (Å²) in [4.78, 5) is 0. The smallest absolute Gasteiger partial charge is 0.203 e. The van der Waals surface area contributed by atoms with Crippen molar-refractivity contribution >= 4 is 7.37 Å². The number of unbranched alkanes of at least 4 members (excludes halogenated alkanes) is 1. The lowest BCUT2D eigenvalue weighted by Gasteiger charge is -2.11. The van der Waals surface area contributed by atoms with Gasteiger partial charge in [0.25, 0.3) is 0 Å². The minimum Gasteiger partial charge on any atom is -0.328 e. The third-order valence-electron chi connectivity index (χ3n) is 2.93. The molecule has 1 heterocycles. The van der Waals surface area contributed by atoms with Crippen molar-refractivity contribution < 1.29 is 9.09 Å². The summed E-state index contributed by atoms with van der Waals surface area (Å²) in [6.45, 7) is 7.16. The first-order valence-electron chi connectivity index (χ1n) is 5.30. The maximum atomic E-state index is 12.1. The molecule has 1 aliphatic heterocycles. The lowest BCUT2D eigenvalue weighted by Crippen LogP contribution is -2.01. The Morgan fingerprint density at radius 3 is 2.31 bits per heavy atom. The van der Waals surface area contributed by atoms with E-state index >= 15 is 0 Å². The van der Waals surface area contributed by atoms with E-state index < -0.39 is 7.37 Å². The summed E-state index contributed by atoms with van der Waals surface area (Å²) in [6.07, 6.45) is 3.76. The molecule has 13 heavy (non-hydrogen) atoms. The highest BCUT2D eigenvalue weighted by atomic mass is 31.2. The normalized spacial score (nSPS) is 32.2. The van der Waals surface area contributed by atoms with Gasteiger partial charge in [-0.25, -0.2) is 0 Å². The Kier molecular flexibility index (Phi) is 4.00.